The van der Waals surface area contributed by atoms with Crippen LogP contribution in [0.15, 0.2) is 54.6 Å². The molecule has 3 rings (SSSR count). The van der Waals surface area contributed by atoms with Gasteiger partial charge in [0.15, 0.2) is 0 Å². The number of aromatic nitrogens is 1. The van der Waals surface area contributed by atoms with Crippen LogP contribution >= 0.6 is 11.6 Å². The minimum absolute atomic E-state index is 0.662. The number of anilines is 2. The molecular formula is C17H16ClN3. The zero-order valence-corrected chi connectivity index (χ0v) is 12.5. The van der Waals surface area contributed by atoms with Gasteiger partial charge in [-0.1, -0.05) is 29.8 Å². The maximum atomic E-state index is 6.22. The summed E-state index contributed by atoms with van der Waals surface area (Å²) in [5.41, 5.74) is 8.52. The highest BCUT2D eigenvalue weighted by atomic mass is 35.5. The molecule has 0 unspecified atom stereocenters. The lowest BCUT2D eigenvalue weighted by molar-refractivity contribution is 0.903. The van der Waals surface area contributed by atoms with E-state index in [0.717, 1.165) is 27.3 Å². The maximum Gasteiger partial charge on any atom is 0.129 e. The van der Waals surface area contributed by atoms with Gasteiger partial charge in [-0.3, -0.25) is 0 Å². The van der Waals surface area contributed by atoms with Crippen LogP contribution in [0.25, 0.3) is 10.9 Å². The molecule has 3 nitrogen and oxygen atoms in total. The molecular weight excluding hydrogens is 282 g/mol. The number of hydrogen-bond acceptors (Lipinski definition) is 3. The average Bonchev–Trinajstić information content (AvgIpc) is 2.50. The van der Waals surface area contributed by atoms with Crippen molar-refractivity contribution >= 4 is 34.0 Å². The van der Waals surface area contributed by atoms with Gasteiger partial charge in [0.2, 0.25) is 0 Å². The van der Waals surface area contributed by atoms with E-state index in [-0.39, 0.29) is 0 Å². The molecule has 0 radical (unpaired) electrons. The number of rotatable bonds is 3. The molecule has 106 valence electrons. The van der Waals surface area contributed by atoms with E-state index < -0.39 is 0 Å². The van der Waals surface area contributed by atoms with Crippen molar-refractivity contribution in [2.75, 3.05) is 17.7 Å². The molecule has 1 aromatic heterocycles. The Morgan fingerprint density at radius 3 is 2.76 bits per heavy atom. The second kappa shape index (κ2) is 5.62. The van der Waals surface area contributed by atoms with Crippen molar-refractivity contribution in [2.24, 2.45) is 0 Å². The SMILES string of the molecule is CN(Cc1cc(N)ccc1Cl)c1ccc2ccccc2n1. The minimum Gasteiger partial charge on any atom is -0.399 e. The Morgan fingerprint density at radius 2 is 1.90 bits per heavy atom. The lowest BCUT2D eigenvalue weighted by Gasteiger charge is -2.19. The lowest BCUT2D eigenvalue weighted by atomic mass is 10.2. The highest BCUT2D eigenvalue weighted by Crippen LogP contribution is 2.23. The van der Waals surface area contributed by atoms with Crippen LogP contribution in [0.2, 0.25) is 5.02 Å². The van der Waals surface area contributed by atoms with E-state index in [1.807, 2.05) is 43.4 Å². The van der Waals surface area contributed by atoms with Crippen LogP contribution in [0.1, 0.15) is 5.56 Å². The number of benzene rings is 2. The predicted molar refractivity (Wildman–Crippen MR) is 89.7 cm³/mol. The zero-order valence-electron chi connectivity index (χ0n) is 11.8. The monoisotopic (exact) mass is 297 g/mol. The Morgan fingerprint density at radius 1 is 1.10 bits per heavy atom. The third kappa shape index (κ3) is 2.93. The summed E-state index contributed by atoms with van der Waals surface area (Å²) >= 11 is 6.22. The number of para-hydroxylation sites is 1. The molecule has 21 heavy (non-hydrogen) atoms. The normalized spacial score (nSPS) is 10.8. The molecule has 0 saturated heterocycles. The Bertz CT molecular complexity index is 786. The molecule has 0 atom stereocenters. The van der Waals surface area contributed by atoms with Crippen molar-refractivity contribution in [1.82, 2.24) is 4.98 Å². The Balaban J connectivity index is 1.89. The number of nitrogens with two attached hydrogens (primary N) is 1. The Labute approximate surface area is 129 Å². The van der Waals surface area contributed by atoms with Gasteiger partial charge >= 0.3 is 0 Å². The molecule has 0 bridgehead atoms. The van der Waals surface area contributed by atoms with E-state index in [1.165, 1.54) is 0 Å². The molecule has 1 heterocycles. The van der Waals surface area contributed by atoms with E-state index in [0.29, 0.717) is 12.2 Å². The molecule has 0 spiro atoms. The molecule has 3 aromatic rings. The number of hydrogen-bond donors (Lipinski definition) is 1. The van der Waals surface area contributed by atoms with Crippen molar-refractivity contribution < 1.29 is 0 Å². The first-order valence-corrected chi connectivity index (χ1v) is 7.12. The molecule has 0 aliphatic carbocycles. The highest BCUT2D eigenvalue weighted by molar-refractivity contribution is 6.31. The summed E-state index contributed by atoms with van der Waals surface area (Å²) in [5.74, 6) is 0.909. The first-order valence-electron chi connectivity index (χ1n) is 6.74. The summed E-state index contributed by atoms with van der Waals surface area (Å²) in [5, 5.41) is 1.86. The van der Waals surface area contributed by atoms with Crippen LogP contribution in [0.5, 0.6) is 0 Å². The van der Waals surface area contributed by atoms with Gasteiger partial charge in [-0.2, -0.15) is 0 Å². The van der Waals surface area contributed by atoms with E-state index in [1.54, 1.807) is 6.07 Å². The summed E-state index contributed by atoms with van der Waals surface area (Å²) < 4.78 is 0. The smallest absolute Gasteiger partial charge is 0.129 e. The van der Waals surface area contributed by atoms with Crippen LogP contribution in [0, 0.1) is 0 Å². The Kier molecular flexibility index (Phi) is 3.67. The zero-order chi connectivity index (χ0) is 14.8. The number of pyridine rings is 1. The van der Waals surface area contributed by atoms with Gasteiger partial charge in [0.1, 0.15) is 5.82 Å². The molecule has 2 N–H and O–H groups in total. The third-order valence-electron chi connectivity index (χ3n) is 3.45. The molecule has 2 aromatic carbocycles. The van der Waals surface area contributed by atoms with Crippen molar-refractivity contribution in [2.45, 2.75) is 6.54 Å². The largest absolute Gasteiger partial charge is 0.399 e. The molecule has 4 heteroatoms. The molecule has 0 fully saturated rings. The second-order valence-corrected chi connectivity index (χ2v) is 5.48. The molecule has 0 aliphatic heterocycles. The lowest BCUT2D eigenvalue weighted by Crippen LogP contribution is -2.18. The quantitative estimate of drug-likeness (QED) is 0.740. The van der Waals surface area contributed by atoms with Crippen LogP contribution in [0.3, 0.4) is 0 Å². The minimum atomic E-state index is 0.662. The van der Waals surface area contributed by atoms with Crippen LogP contribution < -0.4 is 10.6 Å². The van der Waals surface area contributed by atoms with Gasteiger partial charge in [0.25, 0.3) is 0 Å². The third-order valence-corrected chi connectivity index (χ3v) is 3.82. The van der Waals surface area contributed by atoms with Gasteiger partial charge in [-0.15, -0.1) is 0 Å². The van der Waals surface area contributed by atoms with Gasteiger partial charge in [0.05, 0.1) is 5.52 Å². The fraction of sp³-hybridized carbons (Fsp3) is 0.118. The van der Waals surface area contributed by atoms with Gasteiger partial charge < -0.3 is 10.6 Å². The van der Waals surface area contributed by atoms with Gasteiger partial charge in [-0.25, -0.2) is 4.98 Å². The summed E-state index contributed by atoms with van der Waals surface area (Å²) in [7, 11) is 2.00. The summed E-state index contributed by atoms with van der Waals surface area (Å²) in [6, 6.07) is 17.7. The van der Waals surface area contributed by atoms with Gasteiger partial charge in [-0.05, 0) is 42.0 Å². The maximum absolute atomic E-state index is 6.22. The first kappa shape index (κ1) is 13.7. The predicted octanol–water partition coefficient (Wildman–Crippen LogP) is 4.11. The number of halogens is 1. The summed E-state index contributed by atoms with van der Waals surface area (Å²) in [6.45, 7) is 0.662. The van der Waals surface area contributed by atoms with E-state index in [4.69, 9.17) is 17.3 Å². The van der Waals surface area contributed by atoms with Crippen molar-refractivity contribution in [1.29, 1.82) is 0 Å². The van der Waals surface area contributed by atoms with Gasteiger partial charge in [0, 0.05) is 29.7 Å². The molecule has 0 amide bonds. The van der Waals surface area contributed by atoms with Crippen molar-refractivity contribution in [3.63, 3.8) is 0 Å². The van der Waals surface area contributed by atoms with Crippen molar-refractivity contribution in [3.05, 3.63) is 65.2 Å². The Hall–Kier alpha value is -2.26. The van der Waals surface area contributed by atoms with E-state index in [2.05, 4.69) is 22.0 Å². The molecule has 0 aliphatic rings. The second-order valence-electron chi connectivity index (χ2n) is 5.07. The van der Waals surface area contributed by atoms with Crippen LogP contribution in [-0.4, -0.2) is 12.0 Å². The number of nitrogen functional groups attached to an aromatic ring is 1. The van der Waals surface area contributed by atoms with Crippen molar-refractivity contribution in [3.8, 4) is 0 Å². The topological polar surface area (TPSA) is 42.1 Å². The standard InChI is InChI=1S/C17H16ClN3/c1-21(11-13-10-14(19)7-8-15(13)18)17-9-6-12-4-2-3-5-16(12)20-17/h2-10H,11,19H2,1H3. The van der Waals surface area contributed by atoms with E-state index in [9.17, 15) is 0 Å². The fourth-order valence-corrected chi connectivity index (χ4v) is 2.50. The highest BCUT2D eigenvalue weighted by Gasteiger charge is 2.08. The fourth-order valence-electron chi connectivity index (χ4n) is 2.32. The number of fused-ring (bicyclic) bond motifs is 1. The van der Waals surface area contributed by atoms with Crippen LogP contribution in [-0.2, 0) is 6.54 Å². The average molecular weight is 298 g/mol. The number of nitrogens with zero attached hydrogens (tertiary/aromatic N) is 2. The summed E-state index contributed by atoms with van der Waals surface area (Å²) in [6.07, 6.45) is 0. The van der Waals surface area contributed by atoms with E-state index >= 15 is 0 Å². The van der Waals surface area contributed by atoms with Crippen LogP contribution in [0.4, 0.5) is 11.5 Å². The molecule has 0 saturated carbocycles. The first-order chi connectivity index (χ1) is 10.1. The summed E-state index contributed by atoms with van der Waals surface area (Å²) in [4.78, 5) is 6.74.